The minimum atomic E-state index is -0.484. The van der Waals surface area contributed by atoms with Crippen molar-refractivity contribution in [3.8, 4) is 11.9 Å². The number of azo groups is 2. The van der Waals surface area contributed by atoms with Gasteiger partial charge in [0.1, 0.15) is 6.33 Å². The number of nitrogens with zero attached hydrogens (tertiary/aromatic N) is 13. The number of carbonyl (C=O) groups is 2. The number of hydrogen-bond donors (Lipinski definition) is 2. The molecule has 0 fully saturated rings. The van der Waals surface area contributed by atoms with Crippen LogP contribution in [0.2, 0.25) is 0 Å². The summed E-state index contributed by atoms with van der Waals surface area (Å²) in [6.45, 7) is 11.9. The standard InChI is InChI=1S/C35H43N15O2/c1-34(2,3)26-24(43-41-22-15-11-20(12-16-22)30(51)47(7)8)28(36)49(45-26)32-38-19-39-33(40-32)50-29(37)25(27(46-50)35(4,5)6)44-42-23-17-13-21(14-18-23)31(52)48(9)10/h11-19H,36-37H2,1-10H3. The fourth-order valence-corrected chi connectivity index (χ4v) is 4.91. The molecule has 0 saturated carbocycles. The summed E-state index contributed by atoms with van der Waals surface area (Å²) in [5.41, 5.74) is 16.2. The number of nitrogens with two attached hydrogens (primary N) is 2. The van der Waals surface area contributed by atoms with Gasteiger partial charge in [-0.3, -0.25) is 9.59 Å². The Morgan fingerprint density at radius 1 is 0.596 bits per heavy atom. The molecule has 0 saturated heterocycles. The van der Waals surface area contributed by atoms with E-state index in [2.05, 4.69) is 35.4 Å². The number of carbonyl (C=O) groups excluding carboxylic acids is 2. The van der Waals surface area contributed by atoms with Crippen molar-refractivity contribution in [1.29, 1.82) is 0 Å². The van der Waals surface area contributed by atoms with Crippen LogP contribution in [-0.4, -0.2) is 84.3 Å². The highest BCUT2D eigenvalue weighted by Crippen LogP contribution is 2.39. The van der Waals surface area contributed by atoms with Crippen molar-refractivity contribution in [2.24, 2.45) is 20.5 Å². The van der Waals surface area contributed by atoms with E-state index in [1.165, 1.54) is 25.5 Å². The molecule has 0 aliphatic rings. The van der Waals surface area contributed by atoms with Gasteiger partial charge in [-0.1, -0.05) is 41.5 Å². The highest BCUT2D eigenvalue weighted by molar-refractivity contribution is 5.94. The van der Waals surface area contributed by atoms with Crippen LogP contribution in [0.3, 0.4) is 0 Å². The van der Waals surface area contributed by atoms with Crippen molar-refractivity contribution in [2.45, 2.75) is 52.4 Å². The van der Waals surface area contributed by atoms with Gasteiger partial charge in [0.05, 0.1) is 22.8 Å². The molecule has 52 heavy (non-hydrogen) atoms. The Labute approximate surface area is 301 Å². The molecule has 4 N–H and O–H groups in total. The Morgan fingerprint density at radius 2 is 0.942 bits per heavy atom. The molecular formula is C35H43N15O2. The summed E-state index contributed by atoms with van der Waals surface area (Å²) in [7, 11) is 6.77. The Hall–Kier alpha value is -6.39. The van der Waals surface area contributed by atoms with Gasteiger partial charge in [-0.2, -0.15) is 44.7 Å². The smallest absolute Gasteiger partial charge is 0.257 e. The Balaban J connectivity index is 1.51. The number of hydrogen-bond acceptors (Lipinski definition) is 13. The Bertz CT molecular complexity index is 2010. The number of rotatable bonds is 8. The van der Waals surface area contributed by atoms with Crippen LogP contribution in [0.1, 0.15) is 73.6 Å². The van der Waals surface area contributed by atoms with Crippen LogP contribution in [0, 0.1) is 0 Å². The van der Waals surface area contributed by atoms with Crippen molar-refractivity contribution < 1.29 is 9.59 Å². The molecule has 17 nitrogen and oxygen atoms in total. The Morgan fingerprint density at radius 3 is 1.25 bits per heavy atom. The lowest BCUT2D eigenvalue weighted by Crippen LogP contribution is -2.21. The highest BCUT2D eigenvalue weighted by Gasteiger charge is 2.30. The molecule has 3 heterocycles. The first kappa shape index (κ1) is 36.9. The molecule has 2 amide bonds. The number of benzene rings is 2. The van der Waals surface area contributed by atoms with E-state index in [0.717, 1.165) is 0 Å². The second-order valence-corrected chi connectivity index (χ2v) is 14.5. The molecule has 0 radical (unpaired) electrons. The van der Waals surface area contributed by atoms with Gasteiger partial charge in [0.15, 0.2) is 23.0 Å². The lowest BCUT2D eigenvalue weighted by molar-refractivity contribution is 0.0820. The van der Waals surface area contributed by atoms with Crippen LogP contribution in [0.25, 0.3) is 11.9 Å². The summed E-state index contributed by atoms with van der Waals surface area (Å²) in [5, 5.41) is 27.2. The molecule has 0 atom stereocenters. The van der Waals surface area contributed by atoms with E-state index < -0.39 is 10.8 Å². The first-order valence-electron chi connectivity index (χ1n) is 16.3. The molecule has 5 aromatic rings. The zero-order valence-electron chi connectivity index (χ0n) is 31.0. The van der Waals surface area contributed by atoms with E-state index in [4.69, 9.17) is 21.7 Å². The van der Waals surface area contributed by atoms with E-state index in [1.54, 1.807) is 76.7 Å². The van der Waals surface area contributed by atoms with Gasteiger partial charge in [-0.05, 0) is 48.5 Å². The van der Waals surface area contributed by atoms with Crippen LogP contribution in [0.15, 0.2) is 75.3 Å². The van der Waals surface area contributed by atoms with Gasteiger partial charge in [0.25, 0.3) is 23.7 Å². The molecule has 0 aliphatic carbocycles. The van der Waals surface area contributed by atoms with Crippen molar-refractivity contribution in [3.63, 3.8) is 0 Å². The van der Waals surface area contributed by atoms with E-state index >= 15 is 0 Å². The first-order chi connectivity index (χ1) is 24.4. The van der Waals surface area contributed by atoms with Crippen LogP contribution < -0.4 is 11.5 Å². The van der Waals surface area contributed by atoms with E-state index in [-0.39, 0.29) is 35.3 Å². The molecule has 0 unspecified atom stereocenters. The minimum absolute atomic E-state index is 0.101. The maximum absolute atomic E-state index is 12.3. The normalized spacial score (nSPS) is 12.2. The summed E-state index contributed by atoms with van der Waals surface area (Å²) in [4.78, 5) is 40.9. The summed E-state index contributed by atoms with van der Waals surface area (Å²) in [6.07, 6.45) is 1.31. The monoisotopic (exact) mass is 705 g/mol. The van der Waals surface area contributed by atoms with Gasteiger partial charge >= 0.3 is 0 Å². The molecule has 3 aromatic heterocycles. The van der Waals surface area contributed by atoms with Crippen molar-refractivity contribution >= 4 is 46.2 Å². The van der Waals surface area contributed by atoms with Gasteiger partial charge in [0.2, 0.25) is 0 Å². The largest absolute Gasteiger partial charge is 0.382 e. The third-order valence-electron chi connectivity index (χ3n) is 7.71. The summed E-state index contributed by atoms with van der Waals surface area (Å²) >= 11 is 0. The molecule has 0 aliphatic heterocycles. The fourth-order valence-electron chi connectivity index (χ4n) is 4.91. The van der Waals surface area contributed by atoms with Crippen molar-refractivity contribution in [2.75, 3.05) is 39.7 Å². The minimum Gasteiger partial charge on any atom is -0.382 e. The van der Waals surface area contributed by atoms with Gasteiger partial charge in [0, 0.05) is 50.1 Å². The van der Waals surface area contributed by atoms with Gasteiger partial charge in [-0.15, -0.1) is 10.2 Å². The number of amides is 2. The highest BCUT2D eigenvalue weighted by atomic mass is 16.2. The third kappa shape index (κ3) is 7.67. The number of anilines is 2. The fraction of sp³-hybridized carbons (Fsp3) is 0.343. The predicted octanol–water partition coefficient (Wildman–Crippen LogP) is 6.24. The average molecular weight is 706 g/mol. The summed E-state index contributed by atoms with van der Waals surface area (Å²) < 4.78 is 2.74. The number of aromatic nitrogens is 7. The summed E-state index contributed by atoms with van der Waals surface area (Å²) in [6, 6.07) is 13.6. The second-order valence-electron chi connectivity index (χ2n) is 14.5. The zero-order chi connectivity index (χ0) is 38.1. The Kier molecular flexibility index (Phi) is 9.99. The summed E-state index contributed by atoms with van der Waals surface area (Å²) in [5.74, 6) is 0.277. The molecule has 17 heteroatoms. The first-order valence-corrected chi connectivity index (χ1v) is 16.3. The lowest BCUT2D eigenvalue weighted by atomic mass is 9.91. The molecule has 270 valence electrons. The maximum atomic E-state index is 12.3. The lowest BCUT2D eigenvalue weighted by Gasteiger charge is -2.15. The van der Waals surface area contributed by atoms with Crippen LogP contribution in [-0.2, 0) is 10.8 Å². The van der Waals surface area contributed by atoms with E-state index in [9.17, 15) is 9.59 Å². The molecule has 0 bridgehead atoms. The number of nitrogen functional groups attached to an aromatic ring is 2. The SMILES string of the molecule is CN(C)C(=O)c1ccc(N=Nc2c(C(C)(C)C)nn(-c3ncnc(-n4nc(C(C)(C)C)c(N=Nc5ccc(C(=O)N(C)C)cc5)c4N)n3)c2N)cc1. The van der Waals surface area contributed by atoms with Gasteiger partial charge in [-0.25, -0.2) is 0 Å². The average Bonchev–Trinajstić information content (AvgIpc) is 3.62. The van der Waals surface area contributed by atoms with Crippen LogP contribution >= 0.6 is 0 Å². The van der Waals surface area contributed by atoms with Crippen molar-refractivity contribution in [3.05, 3.63) is 77.4 Å². The van der Waals surface area contributed by atoms with Gasteiger partial charge < -0.3 is 21.3 Å². The van der Waals surface area contributed by atoms with E-state index in [1.807, 2.05) is 41.5 Å². The molecule has 0 spiro atoms. The van der Waals surface area contributed by atoms with Crippen LogP contribution in [0.4, 0.5) is 34.4 Å². The molecular weight excluding hydrogens is 662 g/mol. The second kappa shape index (κ2) is 14.1. The topological polar surface area (TPSA) is 216 Å². The van der Waals surface area contributed by atoms with Crippen LogP contribution in [0.5, 0.6) is 0 Å². The van der Waals surface area contributed by atoms with E-state index in [0.29, 0.717) is 45.3 Å². The molecule has 2 aromatic carbocycles. The maximum Gasteiger partial charge on any atom is 0.257 e. The predicted molar refractivity (Wildman–Crippen MR) is 198 cm³/mol. The third-order valence-corrected chi connectivity index (χ3v) is 7.71. The van der Waals surface area contributed by atoms with Crippen molar-refractivity contribution in [1.82, 2.24) is 44.3 Å². The quantitative estimate of drug-likeness (QED) is 0.174. The zero-order valence-corrected chi connectivity index (χ0v) is 31.0. The molecule has 5 rings (SSSR count).